The second-order valence-corrected chi connectivity index (χ2v) is 5.42. The molecule has 0 atom stereocenters. The van der Waals surface area contributed by atoms with Crippen LogP contribution in [0.4, 0.5) is 4.39 Å². The lowest BCUT2D eigenvalue weighted by Crippen LogP contribution is -2.37. The van der Waals surface area contributed by atoms with Gasteiger partial charge in [0.05, 0.1) is 13.0 Å². The number of hydrogen-bond acceptors (Lipinski definition) is 2. The monoisotopic (exact) mass is 334 g/mol. The van der Waals surface area contributed by atoms with Gasteiger partial charge in [-0.3, -0.25) is 9.59 Å². The van der Waals surface area contributed by atoms with Crippen LogP contribution in [-0.2, 0) is 22.6 Å². The fraction of sp³-hybridized carbons (Fsp3) is 0.176. The molecule has 2 aromatic carbocycles. The third kappa shape index (κ3) is 6.08. The third-order valence-electron chi connectivity index (χ3n) is 3.13. The molecule has 120 valence electrons. The number of carbonyl (C=O) groups excluding carboxylic acids is 2. The molecule has 0 aromatic heterocycles. The van der Waals surface area contributed by atoms with Crippen molar-refractivity contribution >= 4 is 23.4 Å². The summed E-state index contributed by atoms with van der Waals surface area (Å²) in [7, 11) is 0. The Morgan fingerprint density at radius 3 is 2.13 bits per heavy atom. The molecule has 0 aliphatic carbocycles. The van der Waals surface area contributed by atoms with Crippen LogP contribution >= 0.6 is 11.6 Å². The van der Waals surface area contributed by atoms with E-state index in [1.165, 1.54) is 12.1 Å². The van der Waals surface area contributed by atoms with Crippen LogP contribution in [0.2, 0.25) is 5.02 Å². The van der Waals surface area contributed by atoms with E-state index in [9.17, 15) is 14.0 Å². The molecule has 2 amide bonds. The van der Waals surface area contributed by atoms with Gasteiger partial charge in [-0.05, 0) is 35.4 Å². The summed E-state index contributed by atoms with van der Waals surface area (Å²) in [6.45, 7) is 0.180. The summed E-state index contributed by atoms with van der Waals surface area (Å²) in [4.78, 5) is 23.4. The smallest absolute Gasteiger partial charge is 0.239 e. The van der Waals surface area contributed by atoms with Gasteiger partial charge in [0.2, 0.25) is 11.8 Å². The number of rotatable bonds is 6. The number of carbonyl (C=O) groups is 2. The van der Waals surface area contributed by atoms with Crippen LogP contribution in [0.25, 0.3) is 0 Å². The molecule has 0 fully saturated rings. The Hall–Kier alpha value is -2.40. The molecule has 2 N–H and O–H groups in total. The highest BCUT2D eigenvalue weighted by atomic mass is 35.5. The van der Waals surface area contributed by atoms with Crippen LogP contribution in [0.5, 0.6) is 0 Å². The Morgan fingerprint density at radius 1 is 0.870 bits per heavy atom. The van der Waals surface area contributed by atoms with Gasteiger partial charge in [0.25, 0.3) is 0 Å². The van der Waals surface area contributed by atoms with E-state index < -0.39 is 0 Å². The molecule has 0 unspecified atom stereocenters. The molecule has 0 bridgehead atoms. The van der Waals surface area contributed by atoms with E-state index >= 15 is 0 Å². The van der Waals surface area contributed by atoms with Gasteiger partial charge in [-0.15, -0.1) is 0 Å². The Morgan fingerprint density at radius 2 is 1.48 bits per heavy atom. The SMILES string of the molecule is O=C(CNC(=O)Cc1ccc(Cl)cc1)NCc1ccc(F)cc1. The number of hydrogen-bond donors (Lipinski definition) is 2. The summed E-state index contributed by atoms with van der Waals surface area (Å²) in [6.07, 6.45) is 0.183. The molecule has 0 saturated heterocycles. The number of nitrogens with one attached hydrogen (secondary N) is 2. The van der Waals surface area contributed by atoms with Gasteiger partial charge in [-0.25, -0.2) is 4.39 Å². The molecular formula is C17H16ClFN2O2. The minimum Gasteiger partial charge on any atom is -0.350 e. The maximum Gasteiger partial charge on any atom is 0.239 e. The van der Waals surface area contributed by atoms with Crippen molar-refractivity contribution in [3.05, 3.63) is 70.5 Å². The molecular weight excluding hydrogens is 319 g/mol. The molecule has 0 saturated carbocycles. The van der Waals surface area contributed by atoms with Gasteiger partial charge in [-0.1, -0.05) is 35.9 Å². The molecule has 2 aromatic rings. The standard InChI is InChI=1S/C17H16ClFN2O2/c18-14-5-1-12(2-6-14)9-16(22)21-11-17(23)20-10-13-3-7-15(19)8-4-13/h1-8H,9-11H2,(H,20,23)(H,21,22). The van der Waals surface area contributed by atoms with Crippen molar-refractivity contribution in [1.29, 1.82) is 0 Å². The van der Waals surface area contributed by atoms with E-state index in [-0.39, 0.29) is 37.1 Å². The lowest BCUT2D eigenvalue weighted by molar-refractivity contribution is -0.125. The fourth-order valence-corrected chi connectivity index (χ4v) is 2.02. The van der Waals surface area contributed by atoms with Gasteiger partial charge >= 0.3 is 0 Å². The average molecular weight is 335 g/mol. The molecule has 0 heterocycles. The zero-order chi connectivity index (χ0) is 16.7. The van der Waals surface area contributed by atoms with Gasteiger partial charge in [-0.2, -0.15) is 0 Å². The Labute approximate surface area is 138 Å². The highest BCUT2D eigenvalue weighted by Crippen LogP contribution is 2.09. The van der Waals surface area contributed by atoms with Crippen molar-refractivity contribution in [3.63, 3.8) is 0 Å². The van der Waals surface area contributed by atoms with E-state index in [1.807, 2.05) is 0 Å². The summed E-state index contributed by atoms with van der Waals surface area (Å²) in [5.74, 6) is -0.877. The van der Waals surface area contributed by atoms with Crippen molar-refractivity contribution in [2.45, 2.75) is 13.0 Å². The second-order valence-electron chi connectivity index (χ2n) is 4.98. The van der Waals surface area contributed by atoms with Crippen molar-refractivity contribution in [2.24, 2.45) is 0 Å². The van der Waals surface area contributed by atoms with E-state index in [1.54, 1.807) is 36.4 Å². The van der Waals surface area contributed by atoms with Crippen molar-refractivity contribution in [3.8, 4) is 0 Å². The highest BCUT2D eigenvalue weighted by Gasteiger charge is 2.06. The Balaban J connectivity index is 1.70. The zero-order valence-corrected chi connectivity index (χ0v) is 13.1. The maximum absolute atomic E-state index is 12.8. The summed E-state index contributed by atoms with van der Waals surface area (Å²) >= 11 is 5.77. The lowest BCUT2D eigenvalue weighted by Gasteiger charge is -2.07. The van der Waals surface area contributed by atoms with E-state index in [0.29, 0.717) is 5.02 Å². The molecule has 6 heteroatoms. The topological polar surface area (TPSA) is 58.2 Å². The van der Waals surface area contributed by atoms with E-state index in [4.69, 9.17) is 11.6 Å². The molecule has 0 radical (unpaired) electrons. The third-order valence-corrected chi connectivity index (χ3v) is 3.38. The van der Waals surface area contributed by atoms with E-state index in [2.05, 4.69) is 10.6 Å². The van der Waals surface area contributed by atoms with Crippen LogP contribution in [0, 0.1) is 5.82 Å². The Kier molecular flexibility index (Phi) is 6.11. The number of halogens is 2. The van der Waals surface area contributed by atoms with Crippen LogP contribution in [0.3, 0.4) is 0 Å². The minimum absolute atomic E-state index is 0.104. The molecule has 23 heavy (non-hydrogen) atoms. The molecule has 0 aliphatic heterocycles. The van der Waals surface area contributed by atoms with Gasteiger partial charge in [0.15, 0.2) is 0 Å². The predicted molar refractivity (Wildman–Crippen MR) is 86.4 cm³/mol. The van der Waals surface area contributed by atoms with Crippen LogP contribution < -0.4 is 10.6 Å². The van der Waals surface area contributed by atoms with Gasteiger partial charge in [0, 0.05) is 11.6 Å². The highest BCUT2D eigenvalue weighted by molar-refractivity contribution is 6.30. The summed E-state index contributed by atoms with van der Waals surface area (Å²) < 4.78 is 12.8. The van der Waals surface area contributed by atoms with E-state index in [0.717, 1.165) is 11.1 Å². The largest absolute Gasteiger partial charge is 0.350 e. The predicted octanol–water partition coefficient (Wildman–Crippen LogP) is 2.45. The number of amides is 2. The van der Waals surface area contributed by atoms with Crippen molar-refractivity contribution in [2.75, 3.05) is 6.54 Å². The minimum atomic E-state index is -0.325. The lowest BCUT2D eigenvalue weighted by atomic mass is 10.1. The first-order valence-corrected chi connectivity index (χ1v) is 7.43. The average Bonchev–Trinajstić information content (AvgIpc) is 2.54. The zero-order valence-electron chi connectivity index (χ0n) is 12.3. The second kappa shape index (κ2) is 8.29. The first-order chi connectivity index (χ1) is 11.0. The number of benzene rings is 2. The quantitative estimate of drug-likeness (QED) is 0.852. The summed E-state index contributed by atoms with van der Waals surface area (Å²) in [6, 6.07) is 12.8. The Bertz CT molecular complexity index is 672. The first kappa shape index (κ1) is 17.0. The normalized spacial score (nSPS) is 10.2. The van der Waals surface area contributed by atoms with Crippen molar-refractivity contribution in [1.82, 2.24) is 10.6 Å². The molecule has 2 rings (SSSR count). The van der Waals surface area contributed by atoms with Gasteiger partial charge in [0.1, 0.15) is 5.82 Å². The van der Waals surface area contributed by atoms with Crippen LogP contribution in [0.1, 0.15) is 11.1 Å². The first-order valence-electron chi connectivity index (χ1n) is 7.05. The maximum atomic E-state index is 12.8. The summed E-state index contributed by atoms with van der Waals surface area (Å²) in [5, 5.41) is 5.80. The molecule has 4 nitrogen and oxygen atoms in total. The molecule has 0 aliphatic rings. The summed E-state index contributed by atoms with van der Waals surface area (Å²) in [5.41, 5.74) is 1.60. The van der Waals surface area contributed by atoms with Crippen molar-refractivity contribution < 1.29 is 14.0 Å². The fourth-order valence-electron chi connectivity index (χ4n) is 1.89. The van der Waals surface area contributed by atoms with Crippen LogP contribution in [-0.4, -0.2) is 18.4 Å². The van der Waals surface area contributed by atoms with Crippen LogP contribution in [0.15, 0.2) is 48.5 Å². The molecule has 0 spiro atoms. The van der Waals surface area contributed by atoms with Gasteiger partial charge < -0.3 is 10.6 Å².